The highest BCUT2D eigenvalue weighted by Gasteiger charge is 2.18. The SMILES string of the molecule is Cc1c(NS(=O)(=O)c2ccccc2)cccc1C(=O)NCCCN1CCC(C)CC1. The number of nitrogens with one attached hydrogen (secondary N) is 2. The van der Waals surface area contributed by atoms with E-state index in [0.717, 1.165) is 32.0 Å². The van der Waals surface area contributed by atoms with E-state index in [2.05, 4.69) is 21.9 Å². The summed E-state index contributed by atoms with van der Waals surface area (Å²) in [5.41, 5.74) is 1.50. The van der Waals surface area contributed by atoms with Gasteiger partial charge in [0, 0.05) is 12.1 Å². The number of hydrogen-bond acceptors (Lipinski definition) is 4. The second-order valence-electron chi connectivity index (χ2n) is 8.03. The monoisotopic (exact) mass is 429 g/mol. The number of piperidine rings is 1. The Labute approximate surface area is 179 Å². The number of rotatable bonds is 8. The Morgan fingerprint density at radius 2 is 1.77 bits per heavy atom. The molecule has 7 heteroatoms. The van der Waals surface area contributed by atoms with Crippen LogP contribution in [0.3, 0.4) is 0 Å². The van der Waals surface area contributed by atoms with Gasteiger partial charge in [0.15, 0.2) is 0 Å². The lowest BCUT2D eigenvalue weighted by atomic mass is 9.99. The highest BCUT2D eigenvalue weighted by molar-refractivity contribution is 7.92. The Kier molecular flexibility index (Phi) is 7.50. The maximum absolute atomic E-state index is 12.6. The van der Waals surface area contributed by atoms with Crippen molar-refractivity contribution in [3.63, 3.8) is 0 Å². The molecule has 0 atom stereocenters. The highest BCUT2D eigenvalue weighted by Crippen LogP contribution is 2.22. The zero-order chi connectivity index (χ0) is 21.6. The molecule has 1 heterocycles. The molecule has 0 spiro atoms. The molecule has 1 amide bonds. The van der Waals surface area contributed by atoms with Crippen molar-refractivity contribution in [3.8, 4) is 0 Å². The molecule has 2 aromatic carbocycles. The van der Waals surface area contributed by atoms with Crippen LogP contribution in [0, 0.1) is 12.8 Å². The summed E-state index contributed by atoms with van der Waals surface area (Å²) in [6, 6.07) is 13.3. The van der Waals surface area contributed by atoms with Crippen LogP contribution in [0.25, 0.3) is 0 Å². The predicted molar refractivity (Wildman–Crippen MR) is 120 cm³/mol. The van der Waals surface area contributed by atoms with Gasteiger partial charge in [0.1, 0.15) is 0 Å². The molecule has 0 saturated carbocycles. The molecule has 30 heavy (non-hydrogen) atoms. The summed E-state index contributed by atoms with van der Waals surface area (Å²) in [6.45, 7) is 7.92. The quantitative estimate of drug-likeness (QED) is 0.628. The van der Waals surface area contributed by atoms with E-state index < -0.39 is 10.0 Å². The molecule has 1 saturated heterocycles. The molecule has 0 bridgehead atoms. The fraction of sp³-hybridized carbons (Fsp3) is 0.435. The van der Waals surface area contributed by atoms with Crippen LogP contribution in [-0.4, -0.2) is 45.4 Å². The third-order valence-corrected chi connectivity index (χ3v) is 7.07. The second kappa shape index (κ2) is 10.1. The Hall–Kier alpha value is -2.38. The summed E-state index contributed by atoms with van der Waals surface area (Å²) in [4.78, 5) is 15.3. The van der Waals surface area contributed by atoms with Crippen molar-refractivity contribution >= 4 is 21.6 Å². The van der Waals surface area contributed by atoms with Gasteiger partial charge in [-0.1, -0.05) is 31.2 Å². The average Bonchev–Trinajstić information content (AvgIpc) is 2.74. The van der Waals surface area contributed by atoms with Crippen LogP contribution in [0.4, 0.5) is 5.69 Å². The van der Waals surface area contributed by atoms with Crippen molar-refractivity contribution in [3.05, 3.63) is 59.7 Å². The van der Waals surface area contributed by atoms with E-state index in [4.69, 9.17) is 0 Å². The summed E-state index contributed by atoms with van der Waals surface area (Å²) >= 11 is 0. The van der Waals surface area contributed by atoms with Gasteiger partial charge in [-0.2, -0.15) is 0 Å². The minimum Gasteiger partial charge on any atom is -0.352 e. The lowest BCUT2D eigenvalue weighted by Crippen LogP contribution is -2.35. The minimum atomic E-state index is -3.70. The number of benzene rings is 2. The van der Waals surface area contributed by atoms with E-state index in [-0.39, 0.29) is 10.8 Å². The minimum absolute atomic E-state index is 0.180. The van der Waals surface area contributed by atoms with E-state index in [9.17, 15) is 13.2 Å². The molecule has 3 rings (SSSR count). The normalized spacial score (nSPS) is 15.7. The van der Waals surface area contributed by atoms with Gasteiger partial charge in [0.25, 0.3) is 15.9 Å². The van der Waals surface area contributed by atoms with Gasteiger partial charge in [0.2, 0.25) is 0 Å². The Balaban J connectivity index is 1.57. The summed E-state index contributed by atoms with van der Waals surface area (Å²) in [5.74, 6) is 0.635. The molecule has 0 aromatic heterocycles. The molecule has 162 valence electrons. The van der Waals surface area contributed by atoms with Crippen LogP contribution >= 0.6 is 0 Å². The van der Waals surface area contributed by atoms with Gasteiger partial charge < -0.3 is 10.2 Å². The predicted octanol–water partition coefficient (Wildman–Crippen LogP) is 3.65. The van der Waals surface area contributed by atoms with Gasteiger partial charge in [0.05, 0.1) is 10.6 Å². The number of hydrogen-bond donors (Lipinski definition) is 2. The van der Waals surface area contributed by atoms with Crippen LogP contribution in [-0.2, 0) is 10.0 Å². The molecule has 1 fully saturated rings. The van der Waals surface area contributed by atoms with Crippen molar-refractivity contribution in [1.82, 2.24) is 10.2 Å². The van der Waals surface area contributed by atoms with E-state index in [0.29, 0.717) is 23.4 Å². The summed E-state index contributed by atoms with van der Waals surface area (Å²) < 4.78 is 27.8. The van der Waals surface area contributed by atoms with E-state index >= 15 is 0 Å². The van der Waals surface area contributed by atoms with Gasteiger partial charge in [-0.05, 0) is 81.6 Å². The lowest BCUT2D eigenvalue weighted by Gasteiger charge is -2.30. The topological polar surface area (TPSA) is 78.5 Å². The van der Waals surface area contributed by atoms with Crippen LogP contribution < -0.4 is 10.0 Å². The van der Waals surface area contributed by atoms with E-state index in [1.54, 1.807) is 43.3 Å². The molecular weight excluding hydrogens is 398 g/mol. The molecular formula is C23H31N3O3S. The molecule has 0 aliphatic carbocycles. The number of sulfonamides is 1. The molecule has 2 N–H and O–H groups in total. The molecule has 1 aliphatic rings. The van der Waals surface area contributed by atoms with Gasteiger partial charge in [-0.3, -0.25) is 9.52 Å². The number of carbonyl (C=O) groups excluding carboxylic acids is 1. The number of likely N-dealkylation sites (tertiary alicyclic amines) is 1. The highest BCUT2D eigenvalue weighted by atomic mass is 32.2. The molecule has 0 unspecified atom stereocenters. The summed E-state index contributed by atoms with van der Waals surface area (Å²) in [6.07, 6.45) is 3.40. The first-order valence-corrected chi connectivity index (χ1v) is 12.0. The van der Waals surface area contributed by atoms with Gasteiger partial charge in [-0.25, -0.2) is 8.42 Å². The van der Waals surface area contributed by atoms with Crippen molar-refractivity contribution in [2.24, 2.45) is 5.92 Å². The first-order valence-electron chi connectivity index (χ1n) is 10.5. The van der Waals surface area contributed by atoms with E-state index in [1.165, 1.54) is 25.0 Å². The molecule has 1 aliphatic heterocycles. The molecule has 0 radical (unpaired) electrons. The number of amides is 1. The third-order valence-electron chi connectivity index (χ3n) is 5.69. The number of carbonyl (C=O) groups is 1. The van der Waals surface area contributed by atoms with Crippen LogP contribution in [0.15, 0.2) is 53.4 Å². The standard InChI is InChI=1S/C23H31N3O3S/c1-18-12-16-26(17-13-18)15-7-14-24-23(27)21-10-6-11-22(19(21)2)25-30(28,29)20-8-4-3-5-9-20/h3-6,8-11,18,25H,7,12-17H2,1-2H3,(H,24,27). The Bertz CT molecular complexity index is 953. The van der Waals surface area contributed by atoms with Gasteiger partial charge in [-0.15, -0.1) is 0 Å². The van der Waals surface area contributed by atoms with Crippen LogP contribution in [0.1, 0.15) is 42.1 Å². The van der Waals surface area contributed by atoms with Crippen molar-refractivity contribution in [1.29, 1.82) is 0 Å². The first kappa shape index (κ1) is 22.3. The number of anilines is 1. The summed E-state index contributed by atoms with van der Waals surface area (Å²) in [7, 11) is -3.70. The smallest absolute Gasteiger partial charge is 0.261 e. The Morgan fingerprint density at radius 3 is 2.47 bits per heavy atom. The maximum Gasteiger partial charge on any atom is 0.261 e. The van der Waals surface area contributed by atoms with E-state index in [1.807, 2.05) is 0 Å². The lowest BCUT2D eigenvalue weighted by molar-refractivity contribution is 0.0950. The fourth-order valence-electron chi connectivity index (χ4n) is 3.68. The number of nitrogens with zero attached hydrogens (tertiary/aromatic N) is 1. The zero-order valence-electron chi connectivity index (χ0n) is 17.7. The van der Waals surface area contributed by atoms with Crippen LogP contribution in [0.5, 0.6) is 0 Å². The fourth-order valence-corrected chi connectivity index (χ4v) is 4.82. The second-order valence-corrected chi connectivity index (χ2v) is 9.71. The van der Waals surface area contributed by atoms with Gasteiger partial charge >= 0.3 is 0 Å². The molecule has 2 aromatic rings. The van der Waals surface area contributed by atoms with Crippen LogP contribution in [0.2, 0.25) is 0 Å². The van der Waals surface area contributed by atoms with Crippen molar-refractivity contribution < 1.29 is 13.2 Å². The summed E-state index contributed by atoms with van der Waals surface area (Å²) in [5, 5.41) is 2.97. The van der Waals surface area contributed by atoms with Crippen molar-refractivity contribution in [2.45, 2.75) is 38.0 Å². The van der Waals surface area contributed by atoms with Crippen molar-refractivity contribution in [2.75, 3.05) is 30.9 Å². The maximum atomic E-state index is 12.6. The Morgan fingerprint density at radius 1 is 1.07 bits per heavy atom. The largest absolute Gasteiger partial charge is 0.352 e. The molecule has 6 nitrogen and oxygen atoms in total. The third kappa shape index (κ3) is 5.83. The average molecular weight is 430 g/mol. The zero-order valence-corrected chi connectivity index (χ0v) is 18.5. The first-order chi connectivity index (χ1) is 14.4.